The van der Waals surface area contributed by atoms with Crippen LogP contribution in [-0.4, -0.2) is 43.4 Å². The van der Waals surface area contributed by atoms with Gasteiger partial charge in [-0.2, -0.15) is 0 Å². The maximum Gasteiger partial charge on any atom is 0.254 e. The van der Waals surface area contributed by atoms with Crippen molar-refractivity contribution in [2.24, 2.45) is 5.92 Å². The third-order valence-corrected chi connectivity index (χ3v) is 7.01. The first-order valence-electron chi connectivity index (χ1n) is 9.73. The molecule has 1 amide bonds. The molecule has 0 saturated carbocycles. The molecule has 0 N–H and O–H groups in total. The molecule has 0 unspecified atom stereocenters. The van der Waals surface area contributed by atoms with Gasteiger partial charge in [0.25, 0.3) is 5.91 Å². The summed E-state index contributed by atoms with van der Waals surface area (Å²) in [6.45, 7) is 5.01. The SMILES string of the molecule is CC(C)COc1ccc(C(=O)N(Cc2ccccc2Cl)[C@@H]2CCS(=O)(=O)C2)cc1. The summed E-state index contributed by atoms with van der Waals surface area (Å²) in [5, 5.41) is 0.559. The molecule has 0 spiro atoms. The predicted molar refractivity (Wildman–Crippen MR) is 115 cm³/mol. The minimum Gasteiger partial charge on any atom is -0.493 e. The minimum absolute atomic E-state index is 0.0151. The van der Waals surface area contributed by atoms with Crippen molar-refractivity contribution in [1.82, 2.24) is 4.90 Å². The molecule has 1 atom stereocenters. The number of nitrogens with zero attached hydrogens (tertiary/aromatic N) is 1. The molecule has 0 aliphatic carbocycles. The molecule has 1 aliphatic heterocycles. The predicted octanol–water partition coefficient (Wildman–Crippen LogP) is 4.20. The summed E-state index contributed by atoms with van der Waals surface area (Å²) < 4.78 is 29.7. The van der Waals surface area contributed by atoms with Crippen molar-refractivity contribution in [2.75, 3.05) is 18.1 Å². The number of benzene rings is 2. The number of hydrogen-bond donors (Lipinski definition) is 0. The first kappa shape index (κ1) is 21.7. The smallest absolute Gasteiger partial charge is 0.254 e. The summed E-state index contributed by atoms with van der Waals surface area (Å²) in [5.41, 5.74) is 1.29. The van der Waals surface area contributed by atoms with E-state index in [2.05, 4.69) is 13.8 Å². The molecule has 0 radical (unpaired) electrons. The number of amides is 1. The van der Waals surface area contributed by atoms with Crippen LogP contribution in [0.4, 0.5) is 0 Å². The van der Waals surface area contributed by atoms with Crippen LogP contribution in [0.15, 0.2) is 48.5 Å². The second kappa shape index (κ2) is 9.18. The van der Waals surface area contributed by atoms with Crippen molar-refractivity contribution < 1.29 is 17.9 Å². The largest absolute Gasteiger partial charge is 0.493 e. The van der Waals surface area contributed by atoms with Gasteiger partial charge in [-0.15, -0.1) is 0 Å². The van der Waals surface area contributed by atoms with Crippen molar-refractivity contribution in [3.8, 4) is 5.75 Å². The van der Waals surface area contributed by atoms with Gasteiger partial charge in [-0.3, -0.25) is 4.79 Å². The monoisotopic (exact) mass is 435 g/mol. The van der Waals surface area contributed by atoms with Gasteiger partial charge in [-0.1, -0.05) is 43.6 Å². The third kappa shape index (κ3) is 5.73. The zero-order chi connectivity index (χ0) is 21.0. The van der Waals surface area contributed by atoms with Crippen LogP contribution in [0, 0.1) is 5.92 Å². The number of carbonyl (C=O) groups excluding carboxylic acids is 1. The molecule has 2 aromatic rings. The molecule has 7 heteroatoms. The highest BCUT2D eigenvalue weighted by atomic mass is 35.5. The molecule has 5 nitrogen and oxygen atoms in total. The Morgan fingerprint density at radius 1 is 1.17 bits per heavy atom. The zero-order valence-electron chi connectivity index (χ0n) is 16.7. The third-order valence-electron chi connectivity index (χ3n) is 4.89. The lowest BCUT2D eigenvalue weighted by Gasteiger charge is -2.29. The van der Waals surface area contributed by atoms with E-state index in [1.54, 1.807) is 35.2 Å². The van der Waals surface area contributed by atoms with Crippen molar-refractivity contribution in [3.63, 3.8) is 0 Å². The summed E-state index contributed by atoms with van der Waals surface area (Å²) in [7, 11) is -3.13. The Balaban J connectivity index is 1.83. The second-order valence-corrected chi connectivity index (χ2v) is 10.4. The van der Waals surface area contributed by atoms with Gasteiger partial charge in [0.15, 0.2) is 9.84 Å². The van der Waals surface area contributed by atoms with Crippen LogP contribution in [-0.2, 0) is 16.4 Å². The first-order chi connectivity index (χ1) is 13.7. The van der Waals surface area contributed by atoms with E-state index >= 15 is 0 Å². The fourth-order valence-electron chi connectivity index (χ4n) is 3.32. The van der Waals surface area contributed by atoms with Crippen LogP contribution in [0.25, 0.3) is 0 Å². The van der Waals surface area contributed by atoms with Gasteiger partial charge in [0.1, 0.15) is 5.75 Å². The molecule has 1 heterocycles. The average molecular weight is 436 g/mol. The normalized spacial score (nSPS) is 18.0. The second-order valence-electron chi connectivity index (χ2n) is 7.81. The Bertz CT molecular complexity index is 957. The van der Waals surface area contributed by atoms with Crippen molar-refractivity contribution in [1.29, 1.82) is 0 Å². The van der Waals surface area contributed by atoms with E-state index in [1.165, 1.54) is 0 Å². The maximum atomic E-state index is 13.3. The summed E-state index contributed by atoms with van der Waals surface area (Å²) >= 11 is 6.29. The van der Waals surface area contributed by atoms with E-state index in [0.717, 1.165) is 5.56 Å². The van der Waals surface area contributed by atoms with Crippen LogP contribution in [0.5, 0.6) is 5.75 Å². The van der Waals surface area contributed by atoms with E-state index in [4.69, 9.17) is 16.3 Å². The fraction of sp³-hybridized carbons (Fsp3) is 0.409. The molecule has 156 valence electrons. The van der Waals surface area contributed by atoms with E-state index in [1.807, 2.05) is 18.2 Å². The Hall–Kier alpha value is -2.05. The van der Waals surface area contributed by atoms with Crippen molar-refractivity contribution in [3.05, 3.63) is 64.7 Å². The highest BCUT2D eigenvalue weighted by Crippen LogP contribution is 2.25. The Morgan fingerprint density at radius 2 is 1.86 bits per heavy atom. The number of hydrogen-bond acceptors (Lipinski definition) is 4. The molecule has 0 bridgehead atoms. The summed E-state index contributed by atoms with van der Waals surface area (Å²) in [6.07, 6.45) is 0.439. The lowest BCUT2D eigenvalue weighted by molar-refractivity contribution is 0.0681. The molecule has 3 rings (SSSR count). The number of carbonyl (C=O) groups is 1. The molecule has 1 fully saturated rings. The van der Waals surface area contributed by atoms with Gasteiger partial charge >= 0.3 is 0 Å². The number of rotatable bonds is 7. The van der Waals surface area contributed by atoms with Gasteiger partial charge in [0.2, 0.25) is 0 Å². The Morgan fingerprint density at radius 3 is 2.45 bits per heavy atom. The average Bonchev–Trinajstić information content (AvgIpc) is 3.05. The molecule has 29 heavy (non-hydrogen) atoms. The zero-order valence-corrected chi connectivity index (χ0v) is 18.2. The van der Waals surface area contributed by atoms with Crippen LogP contribution in [0.3, 0.4) is 0 Å². The van der Waals surface area contributed by atoms with Crippen molar-refractivity contribution in [2.45, 2.75) is 32.9 Å². The molecule has 2 aromatic carbocycles. The van der Waals surface area contributed by atoms with E-state index in [0.29, 0.717) is 35.3 Å². The molecular formula is C22H26ClNO4S. The van der Waals surface area contributed by atoms with Crippen LogP contribution in [0.2, 0.25) is 5.02 Å². The summed E-state index contributed by atoms with van der Waals surface area (Å²) in [6, 6.07) is 13.9. The lowest BCUT2D eigenvalue weighted by atomic mass is 10.1. The number of ether oxygens (including phenoxy) is 1. The summed E-state index contributed by atoms with van der Waals surface area (Å²) in [4.78, 5) is 14.9. The molecule has 0 aromatic heterocycles. The maximum absolute atomic E-state index is 13.3. The van der Waals surface area contributed by atoms with E-state index < -0.39 is 9.84 Å². The van der Waals surface area contributed by atoms with Gasteiger partial charge < -0.3 is 9.64 Å². The minimum atomic E-state index is -3.13. The van der Waals surface area contributed by atoms with Crippen LogP contribution < -0.4 is 4.74 Å². The molecule has 1 saturated heterocycles. The highest BCUT2D eigenvalue weighted by molar-refractivity contribution is 7.91. The number of sulfone groups is 1. The van der Waals surface area contributed by atoms with Crippen molar-refractivity contribution >= 4 is 27.3 Å². The van der Waals surface area contributed by atoms with E-state index in [9.17, 15) is 13.2 Å². The van der Waals surface area contributed by atoms with Gasteiger partial charge in [-0.05, 0) is 48.2 Å². The quantitative estimate of drug-likeness (QED) is 0.653. The fourth-order valence-corrected chi connectivity index (χ4v) is 5.25. The standard InChI is InChI=1S/C22H26ClNO4S/c1-16(2)14-28-20-9-7-17(8-10-20)22(25)24(19-11-12-29(26,27)15-19)13-18-5-3-4-6-21(18)23/h3-10,16,19H,11-15H2,1-2H3/t19-/m1/s1. The van der Waals surface area contributed by atoms with E-state index in [-0.39, 0.29) is 30.0 Å². The Kier molecular flexibility index (Phi) is 6.85. The van der Waals surface area contributed by atoms with Crippen LogP contribution in [0.1, 0.15) is 36.2 Å². The van der Waals surface area contributed by atoms with Gasteiger partial charge in [0, 0.05) is 23.2 Å². The van der Waals surface area contributed by atoms with Crippen LogP contribution >= 0.6 is 11.6 Å². The van der Waals surface area contributed by atoms with Gasteiger partial charge in [-0.25, -0.2) is 8.42 Å². The number of halogens is 1. The highest BCUT2D eigenvalue weighted by Gasteiger charge is 2.35. The first-order valence-corrected chi connectivity index (χ1v) is 11.9. The topological polar surface area (TPSA) is 63.7 Å². The summed E-state index contributed by atoms with van der Waals surface area (Å²) in [5.74, 6) is 0.996. The molecule has 1 aliphatic rings. The molecular weight excluding hydrogens is 410 g/mol. The lowest BCUT2D eigenvalue weighted by Crippen LogP contribution is -2.40. The Labute approximate surface area is 177 Å². The van der Waals surface area contributed by atoms with Gasteiger partial charge in [0.05, 0.1) is 18.1 Å².